The first-order valence-corrected chi connectivity index (χ1v) is 18.5. The minimum atomic E-state index is 1.11. The Labute approximate surface area is 315 Å². The zero-order chi connectivity index (χ0) is 35.8. The maximum absolute atomic E-state index is 2.46. The van der Waals surface area contributed by atoms with Crippen LogP contribution in [-0.2, 0) is 0 Å². The molecule has 54 heavy (non-hydrogen) atoms. The summed E-state index contributed by atoms with van der Waals surface area (Å²) in [6.45, 7) is 0. The molecule has 254 valence electrons. The number of benzene rings is 9. The van der Waals surface area contributed by atoms with E-state index in [0.717, 1.165) is 28.3 Å². The van der Waals surface area contributed by atoms with E-state index in [1.54, 1.807) is 0 Å². The molecule has 0 aliphatic carbocycles. The van der Waals surface area contributed by atoms with Crippen molar-refractivity contribution in [1.29, 1.82) is 0 Å². The molecule has 0 saturated carbocycles. The number of fused-ring (bicyclic) bond motifs is 4. The Morgan fingerprint density at radius 2 is 0.870 bits per heavy atom. The maximum Gasteiger partial charge on any atom is 0.0562 e. The van der Waals surface area contributed by atoms with Crippen molar-refractivity contribution in [2.75, 3.05) is 4.90 Å². The normalized spacial score (nSPS) is 11.3. The van der Waals surface area contributed by atoms with Crippen molar-refractivity contribution in [3.8, 4) is 39.1 Å². The van der Waals surface area contributed by atoms with Crippen LogP contribution in [0.2, 0.25) is 0 Å². The molecule has 0 bridgehead atoms. The highest BCUT2D eigenvalue weighted by molar-refractivity contribution is 6.17. The lowest BCUT2D eigenvalue weighted by Gasteiger charge is -2.29. The summed E-state index contributed by atoms with van der Waals surface area (Å²) in [4.78, 5) is 2.46. The summed E-state index contributed by atoms with van der Waals surface area (Å²) < 4.78 is 2.42. The SMILES string of the molecule is c1ccc(-c2ccccc2-c2ccc(-n3c4ccccc4c4c(N(c5ccc6ccccc6c5)c5ccccc5-c5ccccc5)cccc43)cc2)cc1. The van der Waals surface area contributed by atoms with E-state index in [4.69, 9.17) is 0 Å². The summed E-state index contributed by atoms with van der Waals surface area (Å²) in [6, 6.07) is 78.9. The van der Waals surface area contributed by atoms with Gasteiger partial charge in [0.25, 0.3) is 0 Å². The zero-order valence-electron chi connectivity index (χ0n) is 29.7. The summed E-state index contributed by atoms with van der Waals surface area (Å²) in [5.41, 5.74) is 14.1. The lowest BCUT2D eigenvalue weighted by Crippen LogP contribution is -2.11. The van der Waals surface area contributed by atoms with Crippen LogP contribution in [0, 0.1) is 0 Å². The predicted molar refractivity (Wildman–Crippen MR) is 229 cm³/mol. The molecule has 2 nitrogen and oxygen atoms in total. The van der Waals surface area contributed by atoms with Gasteiger partial charge in [-0.25, -0.2) is 0 Å². The van der Waals surface area contributed by atoms with Gasteiger partial charge in [-0.05, 0) is 87.1 Å². The third-order valence-corrected chi connectivity index (χ3v) is 10.6. The molecular weight excluding hydrogens is 653 g/mol. The monoisotopic (exact) mass is 688 g/mol. The number of anilines is 3. The van der Waals surface area contributed by atoms with E-state index in [9.17, 15) is 0 Å². The largest absolute Gasteiger partial charge is 0.309 e. The van der Waals surface area contributed by atoms with Crippen LogP contribution in [0.5, 0.6) is 0 Å². The molecule has 1 heterocycles. The number of hydrogen-bond donors (Lipinski definition) is 0. The number of hydrogen-bond acceptors (Lipinski definition) is 1. The second-order valence-electron chi connectivity index (χ2n) is 13.7. The van der Waals surface area contributed by atoms with Crippen molar-refractivity contribution in [2.45, 2.75) is 0 Å². The van der Waals surface area contributed by atoms with Crippen LogP contribution in [0.1, 0.15) is 0 Å². The van der Waals surface area contributed by atoms with Crippen LogP contribution in [0.4, 0.5) is 17.1 Å². The topological polar surface area (TPSA) is 8.17 Å². The molecule has 10 rings (SSSR count). The molecule has 0 saturated heterocycles. The molecule has 1 aromatic heterocycles. The van der Waals surface area contributed by atoms with Crippen LogP contribution in [0.25, 0.3) is 71.6 Å². The first kappa shape index (κ1) is 31.6. The molecule has 0 N–H and O–H groups in total. The van der Waals surface area contributed by atoms with Crippen molar-refractivity contribution < 1.29 is 0 Å². The number of rotatable bonds is 7. The zero-order valence-corrected chi connectivity index (χ0v) is 29.7. The quantitative estimate of drug-likeness (QED) is 0.162. The van der Waals surface area contributed by atoms with E-state index in [1.807, 2.05) is 0 Å². The molecule has 0 aliphatic rings. The summed E-state index contributed by atoms with van der Waals surface area (Å²) >= 11 is 0. The van der Waals surface area contributed by atoms with Gasteiger partial charge < -0.3 is 9.47 Å². The molecule has 9 aromatic carbocycles. The van der Waals surface area contributed by atoms with Crippen molar-refractivity contribution in [3.63, 3.8) is 0 Å². The highest BCUT2D eigenvalue weighted by Gasteiger charge is 2.23. The average molecular weight is 689 g/mol. The van der Waals surface area contributed by atoms with Gasteiger partial charge in [-0.15, -0.1) is 0 Å². The fourth-order valence-electron chi connectivity index (χ4n) is 8.11. The van der Waals surface area contributed by atoms with E-state index in [1.165, 1.54) is 60.4 Å². The van der Waals surface area contributed by atoms with Crippen LogP contribution in [-0.4, -0.2) is 4.57 Å². The Bertz CT molecular complexity index is 2920. The first-order chi connectivity index (χ1) is 26.8. The van der Waals surface area contributed by atoms with E-state index in [0.29, 0.717) is 0 Å². The summed E-state index contributed by atoms with van der Waals surface area (Å²) in [5, 5.41) is 4.86. The number of aromatic nitrogens is 1. The Morgan fingerprint density at radius 1 is 0.333 bits per heavy atom. The van der Waals surface area contributed by atoms with Gasteiger partial charge in [-0.3, -0.25) is 0 Å². The third kappa shape index (κ3) is 5.44. The van der Waals surface area contributed by atoms with Gasteiger partial charge in [-0.1, -0.05) is 170 Å². The van der Waals surface area contributed by atoms with Crippen molar-refractivity contribution in [1.82, 2.24) is 4.57 Å². The summed E-state index contributed by atoms with van der Waals surface area (Å²) in [7, 11) is 0. The molecule has 0 aliphatic heterocycles. The van der Waals surface area contributed by atoms with E-state index < -0.39 is 0 Å². The Kier molecular flexibility index (Phi) is 7.85. The Morgan fingerprint density at radius 3 is 1.61 bits per heavy atom. The van der Waals surface area contributed by atoms with Crippen molar-refractivity contribution in [3.05, 3.63) is 218 Å². The Balaban J connectivity index is 1.18. The van der Waals surface area contributed by atoms with Gasteiger partial charge >= 0.3 is 0 Å². The molecule has 0 atom stereocenters. The fourth-order valence-corrected chi connectivity index (χ4v) is 8.11. The van der Waals surface area contributed by atoms with Crippen molar-refractivity contribution >= 4 is 49.6 Å². The van der Waals surface area contributed by atoms with Gasteiger partial charge in [0.15, 0.2) is 0 Å². The van der Waals surface area contributed by atoms with E-state index in [2.05, 4.69) is 228 Å². The summed E-state index contributed by atoms with van der Waals surface area (Å²) in [6.07, 6.45) is 0. The van der Waals surface area contributed by atoms with Crippen LogP contribution >= 0.6 is 0 Å². The van der Waals surface area contributed by atoms with Gasteiger partial charge in [-0.2, -0.15) is 0 Å². The summed E-state index contributed by atoms with van der Waals surface area (Å²) in [5.74, 6) is 0. The number of para-hydroxylation sites is 2. The van der Waals surface area contributed by atoms with Gasteiger partial charge in [0, 0.05) is 27.7 Å². The predicted octanol–water partition coefficient (Wildman–Crippen LogP) is 14.4. The van der Waals surface area contributed by atoms with Crippen LogP contribution < -0.4 is 4.90 Å². The maximum atomic E-state index is 2.46. The molecule has 0 unspecified atom stereocenters. The first-order valence-electron chi connectivity index (χ1n) is 18.5. The van der Waals surface area contributed by atoms with Crippen LogP contribution in [0.15, 0.2) is 218 Å². The fraction of sp³-hybridized carbons (Fsp3) is 0. The van der Waals surface area contributed by atoms with Gasteiger partial charge in [0.1, 0.15) is 0 Å². The molecule has 0 radical (unpaired) electrons. The lowest BCUT2D eigenvalue weighted by molar-refractivity contribution is 1.18. The highest BCUT2D eigenvalue weighted by Crippen LogP contribution is 2.47. The highest BCUT2D eigenvalue weighted by atomic mass is 15.2. The molecular formula is C52H36N2. The molecule has 0 spiro atoms. The minimum Gasteiger partial charge on any atom is -0.309 e. The average Bonchev–Trinajstić information content (AvgIpc) is 3.60. The molecule has 0 fully saturated rings. The molecule has 2 heteroatoms. The van der Waals surface area contributed by atoms with E-state index in [-0.39, 0.29) is 0 Å². The standard InChI is InChI=1S/C52H36N2/c1-3-17-38(18-4-1)44-22-9-10-23-45(44)40-31-33-42(34-32-40)53-49-27-14-12-25-47(49)52-50(53)28-15-29-51(52)54(43-35-30-37-16-7-8-21-41(37)36-43)48-26-13-11-24-46(48)39-19-5-2-6-20-39/h1-36H. The number of nitrogens with zero attached hydrogens (tertiary/aromatic N) is 2. The second-order valence-corrected chi connectivity index (χ2v) is 13.7. The molecule has 10 aromatic rings. The third-order valence-electron chi connectivity index (χ3n) is 10.6. The smallest absolute Gasteiger partial charge is 0.0562 e. The van der Waals surface area contributed by atoms with Gasteiger partial charge in [0.2, 0.25) is 0 Å². The van der Waals surface area contributed by atoms with Crippen molar-refractivity contribution in [2.24, 2.45) is 0 Å². The Hall–Kier alpha value is -7.16. The lowest BCUT2D eigenvalue weighted by atomic mass is 9.94. The van der Waals surface area contributed by atoms with Gasteiger partial charge in [0.05, 0.1) is 22.4 Å². The minimum absolute atomic E-state index is 1.11. The van der Waals surface area contributed by atoms with E-state index >= 15 is 0 Å². The van der Waals surface area contributed by atoms with Crippen LogP contribution in [0.3, 0.4) is 0 Å². The molecule has 0 amide bonds. The second kappa shape index (κ2) is 13.4.